The predicted molar refractivity (Wildman–Crippen MR) is 110 cm³/mol. The number of hydrogen-bond donors (Lipinski definition) is 1. The molecule has 2 aromatic rings. The molecule has 2 aliphatic rings. The molecule has 0 unspecified atom stereocenters. The zero-order valence-electron chi connectivity index (χ0n) is 16.4. The molecule has 4 rings (SSSR count). The quantitative estimate of drug-likeness (QED) is 0.801. The molecule has 7 nitrogen and oxygen atoms in total. The Hall–Kier alpha value is -2.45. The summed E-state index contributed by atoms with van der Waals surface area (Å²) in [7, 11) is -3.61. The Morgan fingerprint density at radius 2 is 1.69 bits per heavy atom. The van der Waals surface area contributed by atoms with E-state index in [-0.39, 0.29) is 42.3 Å². The lowest BCUT2D eigenvalue weighted by atomic mass is 10.1. The van der Waals surface area contributed by atoms with E-state index in [1.165, 1.54) is 4.31 Å². The van der Waals surface area contributed by atoms with E-state index in [0.29, 0.717) is 19.0 Å². The molecule has 154 valence electrons. The van der Waals surface area contributed by atoms with Gasteiger partial charge in [-0.25, -0.2) is 8.42 Å². The van der Waals surface area contributed by atoms with Crippen molar-refractivity contribution in [3.63, 3.8) is 0 Å². The molecule has 0 bridgehead atoms. The van der Waals surface area contributed by atoms with Gasteiger partial charge in [0.1, 0.15) is 0 Å². The largest absolute Gasteiger partial charge is 0.347 e. The van der Waals surface area contributed by atoms with Crippen molar-refractivity contribution in [1.29, 1.82) is 0 Å². The van der Waals surface area contributed by atoms with E-state index in [1.54, 1.807) is 17.0 Å². The summed E-state index contributed by atoms with van der Waals surface area (Å²) >= 11 is 0. The molecule has 1 heterocycles. The van der Waals surface area contributed by atoms with E-state index in [0.717, 1.165) is 17.2 Å². The highest BCUT2D eigenvalue weighted by Crippen LogP contribution is 2.37. The van der Waals surface area contributed by atoms with Crippen molar-refractivity contribution in [3.05, 3.63) is 42.5 Å². The van der Waals surface area contributed by atoms with Gasteiger partial charge in [0, 0.05) is 32.1 Å². The lowest BCUT2D eigenvalue weighted by Crippen LogP contribution is -2.52. The molecule has 0 spiro atoms. The lowest BCUT2D eigenvalue weighted by molar-refractivity contribution is -0.134. The van der Waals surface area contributed by atoms with Crippen molar-refractivity contribution in [1.82, 2.24) is 14.5 Å². The second-order valence-electron chi connectivity index (χ2n) is 7.83. The molecule has 1 aliphatic carbocycles. The molecule has 29 heavy (non-hydrogen) atoms. The molecule has 0 radical (unpaired) electrons. The molecule has 1 saturated carbocycles. The normalized spacial score (nSPS) is 22.4. The number of fused-ring (bicyclic) bond motifs is 1. The van der Waals surface area contributed by atoms with Gasteiger partial charge < -0.3 is 10.2 Å². The van der Waals surface area contributed by atoms with Gasteiger partial charge in [-0.05, 0) is 35.2 Å². The first-order valence-electron chi connectivity index (χ1n) is 9.91. The van der Waals surface area contributed by atoms with E-state index in [9.17, 15) is 18.0 Å². The van der Waals surface area contributed by atoms with Crippen LogP contribution in [0.25, 0.3) is 10.8 Å². The summed E-state index contributed by atoms with van der Waals surface area (Å²) in [5.41, 5.74) is 0. The molecule has 2 aromatic carbocycles. The third-order valence-electron chi connectivity index (χ3n) is 5.81. The first-order valence-corrected chi connectivity index (χ1v) is 11.3. The second kappa shape index (κ2) is 7.76. The summed E-state index contributed by atoms with van der Waals surface area (Å²) in [6, 6.07) is 12.8. The van der Waals surface area contributed by atoms with Crippen LogP contribution >= 0.6 is 0 Å². The van der Waals surface area contributed by atoms with Gasteiger partial charge in [0.15, 0.2) is 0 Å². The maximum Gasteiger partial charge on any atom is 0.243 e. The number of hydrogen-bond acceptors (Lipinski definition) is 4. The Morgan fingerprint density at radius 3 is 2.34 bits per heavy atom. The SMILES string of the molecule is C[C@@H]1C[C@H]1C(=O)NCC(=O)N1CCN(S(=O)(=O)c2ccc3ccccc3c2)CC1. The monoisotopic (exact) mass is 415 g/mol. The molecule has 1 saturated heterocycles. The van der Waals surface area contributed by atoms with Crippen LogP contribution in [0.5, 0.6) is 0 Å². The topological polar surface area (TPSA) is 86.8 Å². The molecule has 2 fully saturated rings. The zero-order valence-corrected chi connectivity index (χ0v) is 17.2. The van der Waals surface area contributed by atoms with Gasteiger partial charge in [0.05, 0.1) is 11.4 Å². The molecule has 1 N–H and O–H groups in total. The zero-order chi connectivity index (χ0) is 20.6. The van der Waals surface area contributed by atoms with Crippen molar-refractivity contribution >= 4 is 32.6 Å². The fraction of sp³-hybridized carbons (Fsp3) is 0.429. The van der Waals surface area contributed by atoms with Crippen LogP contribution < -0.4 is 5.32 Å². The van der Waals surface area contributed by atoms with Gasteiger partial charge in [-0.1, -0.05) is 37.3 Å². The van der Waals surface area contributed by atoms with Crippen LogP contribution in [-0.2, 0) is 19.6 Å². The van der Waals surface area contributed by atoms with E-state index >= 15 is 0 Å². The minimum atomic E-state index is -3.61. The van der Waals surface area contributed by atoms with Crippen LogP contribution in [0.4, 0.5) is 0 Å². The number of carbonyl (C=O) groups is 2. The number of piperazine rings is 1. The summed E-state index contributed by atoms with van der Waals surface area (Å²) in [6.45, 7) is 3.12. The molecule has 2 atom stereocenters. The van der Waals surface area contributed by atoms with E-state index < -0.39 is 10.0 Å². The Labute approximate surface area is 170 Å². The molecule has 2 amide bonds. The molecule has 1 aliphatic heterocycles. The van der Waals surface area contributed by atoms with Crippen LogP contribution in [0.2, 0.25) is 0 Å². The Balaban J connectivity index is 1.35. The predicted octanol–water partition coefficient (Wildman–Crippen LogP) is 1.44. The number of amides is 2. The Morgan fingerprint density at radius 1 is 1.03 bits per heavy atom. The van der Waals surface area contributed by atoms with Gasteiger partial charge in [0.25, 0.3) is 0 Å². The van der Waals surface area contributed by atoms with Crippen LogP contribution in [0.3, 0.4) is 0 Å². The van der Waals surface area contributed by atoms with Gasteiger partial charge in [-0.15, -0.1) is 0 Å². The average molecular weight is 416 g/mol. The lowest BCUT2D eigenvalue weighted by Gasteiger charge is -2.34. The summed E-state index contributed by atoms with van der Waals surface area (Å²) in [5.74, 6) is 0.193. The Kier molecular flexibility index (Phi) is 5.31. The fourth-order valence-corrected chi connectivity index (χ4v) is 5.21. The van der Waals surface area contributed by atoms with Crippen LogP contribution in [0.1, 0.15) is 13.3 Å². The van der Waals surface area contributed by atoms with Crippen molar-refractivity contribution in [2.45, 2.75) is 18.2 Å². The maximum atomic E-state index is 13.0. The number of benzene rings is 2. The standard InChI is InChI=1S/C21H25N3O4S/c1-15-12-19(15)21(26)22-14-20(25)23-8-10-24(11-9-23)29(27,28)18-7-6-16-4-2-3-5-17(16)13-18/h2-7,13,15,19H,8-12,14H2,1H3,(H,22,26)/t15-,19-/m1/s1. The van der Waals surface area contributed by atoms with Crippen molar-refractivity contribution in [2.75, 3.05) is 32.7 Å². The van der Waals surface area contributed by atoms with Crippen molar-refractivity contribution in [3.8, 4) is 0 Å². The average Bonchev–Trinajstić information content (AvgIpc) is 3.48. The fourth-order valence-electron chi connectivity index (χ4n) is 3.75. The molecule has 0 aromatic heterocycles. The second-order valence-corrected chi connectivity index (χ2v) is 9.77. The minimum Gasteiger partial charge on any atom is -0.347 e. The van der Waals surface area contributed by atoms with Gasteiger partial charge in [0.2, 0.25) is 21.8 Å². The van der Waals surface area contributed by atoms with Crippen LogP contribution in [-0.4, -0.2) is 62.2 Å². The summed E-state index contributed by atoms with van der Waals surface area (Å²) in [5, 5.41) is 4.56. The third-order valence-corrected chi connectivity index (χ3v) is 7.70. The minimum absolute atomic E-state index is 0.0283. The highest BCUT2D eigenvalue weighted by Gasteiger charge is 2.39. The first-order chi connectivity index (χ1) is 13.9. The molecular weight excluding hydrogens is 390 g/mol. The molecular formula is C21H25N3O4S. The van der Waals surface area contributed by atoms with Gasteiger partial charge >= 0.3 is 0 Å². The third kappa shape index (κ3) is 4.13. The van der Waals surface area contributed by atoms with Crippen molar-refractivity contribution in [2.24, 2.45) is 11.8 Å². The van der Waals surface area contributed by atoms with Crippen LogP contribution in [0, 0.1) is 11.8 Å². The van der Waals surface area contributed by atoms with Gasteiger partial charge in [-0.3, -0.25) is 9.59 Å². The van der Waals surface area contributed by atoms with E-state index in [2.05, 4.69) is 5.32 Å². The maximum absolute atomic E-state index is 13.0. The van der Waals surface area contributed by atoms with Gasteiger partial charge in [-0.2, -0.15) is 4.31 Å². The number of rotatable bonds is 5. The number of carbonyl (C=O) groups excluding carboxylic acids is 2. The highest BCUT2D eigenvalue weighted by molar-refractivity contribution is 7.89. The summed E-state index contributed by atoms with van der Waals surface area (Å²) < 4.78 is 27.4. The summed E-state index contributed by atoms with van der Waals surface area (Å²) in [6.07, 6.45) is 0.880. The number of sulfonamides is 1. The van der Waals surface area contributed by atoms with E-state index in [4.69, 9.17) is 0 Å². The van der Waals surface area contributed by atoms with Crippen LogP contribution in [0.15, 0.2) is 47.4 Å². The number of nitrogens with one attached hydrogen (secondary N) is 1. The number of nitrogens with zero attached hydrogens (tertiary/aromatic N) is 2. The van der Waals surface area contributed by atoms with E-state index in [1.807, 2.05) is 37.3 Å². The highest BCUT2D eigenvalue weighted by atomic mass is 32.2. The smallest absolute Gasteiger partial charge is 0.243 e. The van der Waals surface area contributed by atoms with Crippen molar-refractivity contribution < 1.29 is 18.0 Å². The summed E-state index contributed by atoms with van der Waals surface area (Å²) in [4.78, 5) is 26.1. The first kappa shape index (κ1) is 19.8. The molecule has 8 heteroatoms. The Bertz CT molecular complexity index is 1040.